The highest BCUT2D eigenvalue weighted by Gasteiger charge is 2.32. The molecule has 7 heteroatoms. The third-order valence-corrected chi connectivity index (χ3v) is 2.75. The highest BCUT2D eigenvalue weighted by Crippen LogP contribution is 2.30. The summed E-state index contributed by atoms with van der Waals surface area (Å²) in [5.74, 6) is -1.02. The zero-order valence-electron chi connectivity index (χ0n) is 10.5. The van der Waals surface area contributed by atoms with Crippen molar-refractivity contribution >= 4 is 24.2 Å². The van der Waals surface area contributed by atoms with Gasteiger partial charge in [-0.05, 0) is 30.3 Å². The molecule has 110 valence electrons. The Balaban J connectivity index is 2.22. The van der Waals surface area contributed by atoms with Crippen LogP contribution >= 0.6 is 12.6 Å². The van der Waals surface area contributed by atoms with Crippen LogP contribution in [0.4, 0.5) is 18.9 Å². The molecule has 0 fully saturated rings. The Kier molecular flexibility index (Phi) is 4.42. The molecule has 0 aliphatic carbocycles. The topological polar surface area (TPSA) is 38.3 Å². The lowest BCUT2D eigenvalue weighted by Gasteiger charge is -2.13. The highest BCUT2D eigenvalue weighted by molar-refractivity contribution is 7.80. The van der Waals surface area contributed by atoms with E-state index in [1.165, 1.54) is 30.3 Å². The van der Waals surface area contributed by atoms with Gasteiger partial charge in [-0.15, -0.1) is 25.8 Å². The number of carbonyl (C=O) groups excluding carboxylic acids is 1. The number of hydrogen-bond donors (Lipinski definition) is 2. The molecule has 3 nitrogen and oxygen atoms in total. The number of anilines is 1. The van der Waals surface area contributed by atoms with Crippen LogP contribution < -0.4 is 10.1 Å². The Bertz CT molecular complexity index is 659. The van der Waals surface area contributed by atoms with Gasteiger partial charge in [0.1, 0.15) is 0 Å². The lowest BCUT2D eigenvalue weighted by Crippen LogP contribution is -2.19. The fraction of sp³-hybridized carbons (Fsp3) is 0.0714. The molecule has 0 radical (unpaired) electrons. The third-order valence-electron chi connectivity index (χ3n) is 2.47. The van der Waals surface area contributed by atoms with Crippen LogP contribution in [0, 0.1) is 0 Å². The molecule has 0 aliphatic rings. The summed E-state index contributed by atoms with van der Waals surface area (Å²) in [6.07, 6.45) is -4.83. The molecule has 1 amide bonds. The van der Waals surface area contributed by atoms with E-state index in [0.29, 0.717) is 4.90 Å². The number of amides is 1. The molecule has 2 rings (SSSR count). The number of alkyl halides is 3. The fourth-order valence-electron chi connectivity index (χ4n) is 1.63. The molecule has 2 aromatic rings. The Labute approximate surface area is 124 Å². The number of benzene rings is 2. The summed E-state index contributed by atoms with van der Waals surface area (Å²) in [4.78, 5) is 12.6. The van der Waals surface area contributed by atoms with Gasteiger partial charge in [-0.3, -0.25) is 4.79 Å². The van der Waals surface area contributed by atoms with Crippen LogP contribution in [0.25, 0.3) is 0 Å². The molecule has 2 aromatic carbocycles. The lowest BCUT2D eigenvalue weighted by atomic mass is 10.2. The molecule has 1 N–H and O–H groups in total. The van der Waals surface area contributed by atoms with E-state index in [1.54, 1.807) is 12.1 Å². The van der Waals surface area contributed by atoms with Gasteiger partial charge in [0.25, 0.3) is 5.91 Å². The first kappa shape index (κ1) is 15.2. The summed E-state index contributed by atoms with van der Waals surface area (Å²) < 4.78 is 40.7. The van der Waals surface area contributed by atoms with E-state index in [1.807, 2.05) is 0 Å². The molecule has 0 aromatic heterocycles. The summed E-state index contributed by atoms with van der Waals surface area (Å²) >= 11 is 4.10. The minimum absolute atomic E-state index is 0.0654. The Morgan fingerprint density at radius 3 is 2.48 bits per heavy atom. The largest absolute Gasteiger partial charge is 0.573 e. The lowest BCUT2D eigenvalue weighted by molar-refractivity contribution is -0.274. The normalized spacial score (nSPS) is 11.0. The SMILES string of the molecule is O=C(Nc1ccccc1OC(F)(F)F)c1cccc(S)c1. The number of para-hydroxylation sites is 2. The van der Waals surface area contributed by atoms with E-state index in [0.717, 1.165) is 6.07 Å². The third kappa shape index (κ3) is 4.42. The van der Waals surface area contributed by atoms with Gasteiger partial charge < -0.3 is 10.1 Å². The summed E-state index contributed by atoms with van der Waals surface area (Å²) in [5.41, 5.74) is 0.216. The first-order valence-electron chi connectivity index (χ1n) is 5.80. The predicted octanol–water partition coefficient (Wildman–Crippen LogP) is 4.13. The molecule has 0 aliphatic heterocycles. The van der Waals surface area contributed by atoms with Crippen LogP contribution in [0.1, 0.15) is 10.4 Å². The first-order valence-corrected chi connectivity index (χ1v) is 6.25. The number of hydrogen-bond acceptors (Lipinski definition) is 3. The van der Waals surface area contributed by atoms with E-state index in [2.05, 4.69) is 22.7 Å². The van der Waals surface area contributed by atoms with Crippen LogP contribution in [0.2, 0.25) is 0 Å². The Hall–Kier alpha value is -2.15. The maximum atomic E-state index is 12.3. The number of thiol groups is 1. The second-order valence-electron chi connectivity index (χ2n) is 4.05. The van der Waals surface area contributed by atoms with E-state index in [4.69, 9.17) is 0 Å². The fourth-order valence-corrected chi connectivity index (χ4v) is 1.85. The monoisotopic (exact) mass is 313 g/mol. The molecule has 0 saturated heterocycles. The van der Waals surface area contributed by atoms with Crippen LogP contribution in [-0.2, 0) is 0 Å². The van der Waals surface area contributed by atoms with Crippen LogP contribution in [0.3, 0.4) is 0 Å². The van der Waals surface area contributed by atoms with Crippen molar-refractivity contribution in [3.63, 3.8) is 0 Å². The van der Waals surface area contributed by atoms with E-state index in [-0.39, 0.29) is 11.3 Å². The van der Waals surface area contributed by atoms with Crippen molar-refractivity contribution in [1.82, 2.24) is 0 Å². The quantitative estimate of drug-likeness (QED) is 0.836. The van der Waals surface area contributed by atoms with Gasteiger partial charge in [-0.1, -0.05) is 18.2 Å². The summed E-state index contributed by atoms with van der Waals surface area (Å²) in [5, 5.41) is 2.38. The van der Waals surface area contributed by atoms with Crippen LogP contribution in [0.15, 0.2) is 53.4 Å². The summed E-state index contributed by atoms with van der Waals surface area (Å²) in [7, 11) is 0. The Morgan fingerprint density at radius 1 is 1.10 bits per heavy atom. The Morgan fingerprint density at radius 2 is 1.81 bits per heavy atom. The average molecular weight is 313 g/mol. The molecular formula is C14H10F3NO2S. The van der Waals surface area contributed by atoms with Gasteiger partial charge in [-0.2, -0.15) is 0 Å². The second-order valence-corrected chi connectivity index (χ2v) is 4.56. The van der Waals surface area contributed by atoms with Gasteiger partial charge >= 0.3 is 6.36 Å². The highest BCUT2D eigenvalue weighted by atomic mass is 32.1. The van der Waals surface area contributed by atoms with Crippen molar-refractivity contribution in [2.45, 2.75) is 11.3 Å². The van der Waals surface area contributed by atoms with Gasteiger partial charge in [-0.25, -0.2) is 0 Å². The smallest absolute Gasteiger partial charge is 0.404 e. The number of halogens is 3. The molecule has 0 spiro atoms. The van der Waals surface area contributed by atoms with Crippen molar-refractivity contribution in [2.24, 2.45) is 0 Å². The number of carbonyl (C=O) groups is 1. The van der Waals surface area contributed by atoms with E-state index < -0.39 is 18.0 Å². The number of nitrogens with one attached hydrogen (secondary N) is 1. The van der Waals surface area contributed by atoms with Crippen molar-refractivity contribution in [1.29, 1.82) is 0 Å². The molecule has 0 unspecified atom stereocenters. The van der Waals surface area contributed by atoms with Crippen molar-refractivity contribution in [3.8, 4) is 5.75 Å². The van der Waals surface area contributed by atoms with Gasteiger partial charge in [0.05, 0.1) is 5.69 Å². The van der Waals surface area contributed by atoms with Crippen molar-refractivity contribution in [2.75, 3.05) is 5.32 Å². The van der Waals surface area contributed by atoms with Gasteiger partial charge in [0.15, 0.2) is 5.75 Å². The first-order chi connectivity index (χ1) is 9.85. The maximum absolute atomic E-state index is 12.3. The number of ether oxygens (including phenoxy) is 1. The molecule has 0 heterocycles. The molecule has 21 heavy (non-hydrogen) atoms. The van der Waals surface area contributed by atoms with Crippen molar-refractivity contribution < 1.29 is 22.7 Å². The summed E-state index contributed by atoms with van der Waals surface area (Å²) in [6, 6.07) is 11.7. The van der Waals surface area contributed by atoms with Crippen LogP contribution in [0.5, 0.6) is 5.75 Å². The second kappa shape index (κ2) is 6.09. The van der Waals surface area contributed by atoms with Crippen molar-refractivity contribution in [3.05, 3.63) is 54.1 Å². The minimum Gasteiger partial charge on any atom is -0.404 e. The molecule has 0 saturated carbocycles. The maximum Gasteiger partial charge on any atom is 0.573 e. The van der Waals surface area contributed by atoms with Crippen LogP contribution in [-0.4, -0.2) is 12.3 Å². The minimum atomic E-state index is -4.83. The van der Waals surface area contributed by atoms with Gasteiger partial charge in [0, 0.05) is 10.5 Å². The molecule has 0 bridgehead atoms. The molecular weight excluding hydrogens is 303 g/mol. The summed E-state index contributed by atoms with van der Waals surface area (Å²) in [6.45, 7) is 0. The predicted molar refractivity (Wildman–Crippen MR) is 74.8 cm³/mol. The number of rotatable bonds is 3. The average Bonchev–Trinajstić information content (AvgIpc) is 2.39. The molecule has 0 atom stereocenters. The van der Waals surface area contributed by atoms with E-state index in [9.17, 15) is 18.0 Å². The van der Waals surface area contributed by atoms with E-state index >= 15 is 0 Å². The zero-order chi connectivity index (χ0) is 15.5. The van der Waals surface area contributed by atoms with Gasteiger partial charge in [0.2, 0.25) is 0 Å². The standard InChI is InChI=1S/C14H10F3NO2S/c15-14(16,17)20-12-7-2-1-6-11(12)18-13(19)9-4-3-5-10(21)8-9/h1-8,21H,(H,18,19). The zero-order valence-corrected chi connectivity index (χ0v) is 11.4.